The molecule has 0 bridgehead atoms. The first kappa shape index (κ1) is 11.7. The number of nitrogens with zero attached hydrogens (tertiary/aromatic N) is 1. The second-order valence-corrected chi connectivity index (χ2v) is 5.30. The standard InChI is InChI=1S/C13H20N4O/c18-12-10-5-6-14-8-11(10)16-13(17-12)15-7-9-3-1-2-4-9/h9,14H,1-8H2,(H2,15,16,17,18). The molecule has 5 heteroatoms. The van der Waals surface area contributed by atoms with Crippen LogP contribution in [0.5, 0.6) is 0 Å². The van der Waals surface area contributed by atoms with E-state index in [-0.39, 0.29) is 5.56 Å². The van der Waals surface area contributed by atoms with E-state index in [9.17, 15) is 4.79 Å². The van der Waals surface area contributed by atoms with Gasteiger partial charge in [0, 0.05) is 18.7 Å². The first-order valence-corrected chi connectivity index (χ1v) is 6.89. The van der Waals surface area contributed by atoms with E-state index in [4.69, 9.17) is 0 Å². The van der Waals surface area contributed by atoms with Crippen molar-refractivity contribution in [3.63, 3.8) is 0 Å². The van der Waals surface area contributed by atoms with Gasteiger partial charge in [-0.1, -0.05) is 12.8 Å². The van der Waals surface area contributed by atoms with Gasteiger partial charge in [-0.25, -0.2) is 4.98 Å². The summed E-state index contributed by atoms with van der Waals surface area (Å²) in [5.41, 5.74) is 1.77. The summed E-state index contributed by atoms with van der Waals surface area (Å²) in [5, 5.41) is 6.53. The zero-order valence-electron chi connectivity index (χ0n) is 10.6. The highest BCUT2D eigenvalue weighted by Gasteiger charge is 2.17. The van der Waals surface area contributed by atoms with Gasteiger partial charge in [-0.15, -0.1) is 0 Å². The summed E-state index contributed by atoms with van der Waals surface area (Å²) in [7, 11) is 0. The van der Waals surface area contributed by atoms with Gasteiger partial charge in [0.2, 0.25) is 5.95 Å². The highest BCUT2D eigenvalue weighted by Crippen LogP contribution is 2.24. The molecule has 1 saturated carbocycles. The molecule has 1 aromatic heterocycles. The molecule has 1 aromatic rings. The van der Waals surface area contributed by atoms with Gasteiger partial charge in [0.1, 0.15) is 0 Å². The van der Waals surface area contributed by atoms with Crippen LogP contribution < -0.4 is 16.2 Å². The monoisotopic (exact) mass is 248 g/mol. The van der Waals surface area contributed by atoms with Crippen LogP contribution in [-0.2, 0) is 13.0 Å². The fraction of sp³-hybridized carbons (Fsp3) is 0.692. The molecule has 0 unspecified atom stereocenters. The van der Waals surface area contributed by atoms with Crippen molar-refractivity contribution in [3.05, 3.63) is 21.6 Å². The van der Waals surface area contributed by atoms with Crippen molar-refractivity contribution in [1.29, 1.82) is 0 Å². The Morgan fingerprint density at radius 3 is 3.00 bits per heavy atom. The summed E-state index contributed by atoms with van der Waals surface area (Å²) in [6, 6.07) is 0. The Morgan fingerprint density at radius 1 is 1.33 bits per heavy atom. The molecule has 98 valence electrons. The van der Waals surface area contributed by atoms with Gasteiger partial charge in [-0.3, -0.25) is 9.78 Å². The van der Waals surface area contributed by atoms with E-state index in [1.807, 2.05) is 0 Å². The van der Waals surface area contributed by atoms with E-state index in [0.29, 0.717) is 12.5 Å². The molecule has 0 atom stereocenters. The molecule has 0 radical (unpaired) electrons. The van der Waals surface area contributed by atoms with Crippen molar-refractivity contribution >= 4 is 5.95 Å². The minimum Gasteiger partial charge on any atom is -0.355 e. The smallest absolute Gasteiger partial charge is 0.255 e. The summed E-state index contributed by atoms with van der Waals surface area (Å²) in [6.07, 6.45) is 6.04. The van der Waals surface area contributed by atoms with Crippen LogP contribution in [0.25, 0.3) is 0 Å². The highest BCUT2D eigenvalue weighted by molar-refractivity contribution is 5.31. The molecule has 18 heavy (non-hydrogen) atoms. The van der Waals surface area contributed by atoms with Crippen LogP contribution in [0, 0.1) is 5.92 Å². The topological polar surface area (TPSA) is 69.8 Å². The molecule has 2 heterocycles. The number of rotatable bonds is 3. The van der Waals surface area contributed by atoms with Gasteiger partial charge in [0.15, 0.2) is 0 Å². The summed E-state index contributed by atoms with van der Waals surface area (Å²) in [4.78, 5) is 19.3. The molecule has 2 aliphatic rings. The molecule has 0 spiro atoms. The summed E-state index contributed by atoms with van der Waals surface area (Å²) >= 11 is 0. The van der Waals surface area contributed by atoms with Crippen molar-refractivity contribution in [2.45, 2.75) is 38.6 Å². The lowest BCUT2D eigenvalue weighted by atomic mass is 10.1. The number of hydrogen-bond donors (Lipinski definition) is 3. The summed E-state index contributed by atoms with van der Waals surface area (Å²) < 4.78 is 0. The quantitative estimate of drug-likeness (QED) is 0.747. The molecule has 3 N–H and O–H groups in total. The molecular weight excluding hydrogens is 228 g/mol. The third-order valence-corrected chi connectivity index (χ3v) is 3.98. The van der Waals surface area contributed by atoms with Crippen molar-refractivity contribution < 1.29 is 0 Å². The van der Waals surface area contributed by atoms with Crippen LogP contribution in [0.15, 0.2) is 4.79 Å². The van der Waals surface area contributed by atoms with Gasteiger partial charge in [0.05, 0.1) is 5.69 Å². The molecule has 1 aliphatic heterocycles. The maximum Gasteiger partial charge on any atom is 0.255 e. The average molecular weight is 248 g/mol. The van der Waals surface area contributed by atoms with Crippen LogP contribution in [0.1, 0.15) is 36.9 Å². The maximum atomic E-state index is 11.9. The van der Waals surface area contributed by atoms with Crippen LogP contribution >= 0.6 is 0 Å². The van der Waals surface area contributed by atoms with Gasteiger partial charge >= 0.3 is 0 Å². The number of H-pyrrole nitrogens is 1. The third-order valence-electron chi connectivity index (χ3n) is 3.98. The van der Waals surface area contributed by atoms with Crippen molar-refractivity contribution in [3.8, 4) is 0 Å². The molecule has 0 aromatic carbocycles. The Bertz CT molecular complexity index is 476. The second kappa shape index (κ2) is 5.10. The summed E-state index contributed by atoms with van der Waals surface area (Å²) in [5.74, 6) is 1.37. The lowest BCUT2D eigenvalue weighted by molar-refractivity contribution is 0.575. The predicted octanol–water partition coefficient (Wildman–Crippen LogP) is 1.02. The Kier molecular flexibility index (Phi) is 3.32. The first-order valence-electron chi connectivity index (χ1n) is 6.89. The third kappa shape index (κ3) is 2.41. The van der Waals surface area contributed by atoms with Crippen LogP contribution in [-0.4, -0.2) is 23.1 Å². The average Bonchev–Trinajstić information content (AvgIpc) is 2.90. The second-order valence-electron chi connectivity index (χ2n) is 5.30. The van der Waals surface area contributed by atoms with Crippen LogP contribution in [0.3, 0.4) is 0 Å². The molecular formula is C13H20N4O. The highest BCUT2D eigenvalue weighted by atomic mass is 16.1. The predicted molar refractivity (Wildman–Crippen MR) is 70.7 cm³/mol. The van der Waals surface area contributed by atoms with Crippen molar-refractivity contribution in [1.82, 2.24) is 15.3 Å². The fourth-order valence-corrected chi connectivity index (χ4v) is 2.91. The van der Waals surface area contributed by atoms with E-state index < -0.39 is 0 Å². The van der Waals surface area contributed by atoms with Crippen molar-refractivity contribution in [2.24, 2.45) is 5.92 Å². The SMILES string of the molecule is O=c1[nH]c(NCC2CCCC2)nc2c1CCNC2. The largest absolute Gasteiger partial charge is 0.355 e. The molecule has 0 amide bonds. The van der Waals surface area contributed by atoms with Gasteiger partial charge in [0.25, 0.3) is 5.56 Å². The molecule has 1 aliphatic carbocycles. The van der Waals surface area contributed by atoms with E-state index in [0.717, 1.165) is 36.7 Å². The normalized spacial score (nSPS) is 19.8. The fourth-order valence-electron chi connectivity index (χ4n) is 2.91. The Balaban J connectivity index is 1.72. The lowest BCUT2D eigenvalue weighted by Gasteiger charge is -2.17. The molecule has 1 fully saturated rings. The van der Waals surface area contributed by atoms with Crippen LogP contribution in [0.4, 0.5) is 5.95 Å². The summed E-state index contributed by atoms with van der Waals surface area (Å²) in [6.45, 7) is 2.50. The number of aromatic nitrogens is 2. The van der Waals surface area contributed by atoms with Crippen LogP contribution in [0.2, 0.25) is 0 Å². The van der Waals surface area contributed by atoms with E-state index in [1.54, 1.807) is 0 Å². The lowest BCUT2D eigenvalue weighted by Crippen LogP contribution is -2.32. The molecule has 0 saturated heterocycles. The first-order chi connectivity index (χ1) is 8.83. The van der Waals surface area contributed by atoms with E-state index in [2.05, 4.69) is 20.6 Å². The van der Waals surface area contributed by atoms with Gasteiger partial charge in [-0.2, -0.15) is 0 Å². The number of fused-ring (bicyclic) bond motifs is 1. The minimum atomic E-state index is 0.0235. The Labute approximate surface area is 106 Å². The van der Waals surface area contributed by atoms with E-state index >= 15 is 0 Å². The number of anilines is 1. The Hall–Kier alpha value is -1.36. The minimum absolute atomic E-state index is 0.0235. The maximum absolute atomic E-state index is 11.9. The Morgan fingerprint density at radius 2 is 2.17 bits per heavy atom. The van der Waals surface area contributed by atoms with Crippen molar-refractivity contribution in [2.75, 3.05) is 18.4 Å². The zero-order valence-corrected chi connectivity index (χ0v) is 10.6. The van der Waals surface area contributed by atoms with E-state index in [1.165, 1.54) is 25.7 Å². The van der Waals surface area contributed by atoms with Gasteiger partial charge in [-0.05, 0) is 31.7 Å². The number of hydrogen-bond acceptors (Lipinski definition) is 4. The van der Waals surface area contributed by atoms with Gasteiger partial charge < -0.3 is 10.6 Å². The molecule has 5 nitrogen and oxygen atoms in total. The number of aromatic amines is 1. The number of nitrogens with one attached hydrogen (secondary N) is 3. The molecule has 3 rings (SSSR count). The zero-order chi connectivity index (χ0) is 12.4.